The average molecular weight is 542 g/mol. The number of benzene rings is 3. The van der Waals surface area contributed by atoms with Crippen molar-refractivity contribution in [3.8, 4) is 0 Å². The van der Waals surface area contributed by atoms with Crippen LogP contribution in [-0.2, 0) is 16.0 Å². The van der Waals surface area contributed by atoms with E-state index >= 15 is 0 Å². The monoisotopic (exact) mass is 541 g/mol. The first kappa shape index (κ1) is 26.1. The highest BCUT2D eigenvalue weighted by atomic mass is 16.6. The lowest BCUT2D eigenvalue weighted by atomic mass is 9.97. The Bertz CT molecular complexity index is 1560. The Labute approximate surface area is 232 Å². The van der Waals surface area contributed by atoms with Gasteiger partial charge in [0.05, 0.1) is 11.0 Å². The van der Waals surface area contributed by atoms with Gasteiger partial charge in [0.15, 0.2) is 0 Å². The van der Waals surface area contributed by atoms with Crippen molar-refractivity contribution in [3.63, 3.8) is 0 Å². The third-order valence-electron chi connectivity index (χ3n) is 8.22. The fourth-order valence-electron chi connectivity index (χ4n) is 6.13. The summed E-state index contributed by atoms with van der Waals surface area (Å²) < 4.78 is 7.52. The van der Waals surface area contributed by atoms with E-state index in [0.29, 0.717) is 32.4 Å². The van der Waals surface area contributed by atoms with E-state index in [2.05, 4.69) is 15.6 Å². The predicted molar refractivity (Wildman–Crippen MR) is 154 cm³/mol. The number of imidazole rings is 1. The third-order valence-corrected chi connectivity index (χ3v) is 8.22. The van der Waals surface area contributed by atoms with Crippen molar-refractivity contribution in [3.05, 3.63) is 82.8 Å². The van der Waals surface area contributed by atoms with Crippen molar-refractivity contribution in [1.82, 2.24) is 25.1 Å². The van der Waals surface area contributed by atoms with Gasteiger partial charge in [-0.2, -0.15) is 0 Å². The number of nitrogens with one attached hydrogen (secondary N) is 3. The van der Waals surface area contributed by atoms with E-state index in [1.807, 2.05) is 76.2 Å². The Kier molecular flexibility index (Phi) is 7.55. The van der Waals surface area contributed by atoms with Gasteiger partial charge in [0, 0.05) is 25.6 Å². The standard InChI is InChI=1S/C31H35N5O4/c37-29(35-18-14-23(15-19-35)36-28-11-4-3-10-26(28)33-30(36)38)27(34-31(39)40-24-12-16-32-17-13-24)20-22-8-5-7-21-6-1-2-9-25(21)22/h1-11,23-24,27,32H,12-20H2,(H,33,38)(H,34,39)/t27-/m1/s1. The van der Waals surface area contributed by atoms with Crippen molar-refractivity contribution in [1.29, 1.82) is 0 Å². The summed E-state index contributed by atoms with van der Waals surface area (Å²) in [5.41, 5.74) is 2.58. The second-order valence-corrected chi connectivity index (χ2v) is 10.8. The number of likely N-dealkylation sites (tertiary alicyclic amines) is 1. The summed E-state index contributed by atoms with van der Waals surface area (Å²) in [4.78, 5) is 44.3. The molecular weight excluding hydrogens is 506 g/mol. The van der Waals surface area contributed by atoms with Gasteiger partial charge in [-0.3, -0.25) is 9.36 Å². The van der Waals surface area contributed by atoms with E-state index in [-0.39, 0.29) is 23.7 Å². The number of rotatable bonds is 6. The molecule has 1 aromatic heterocycles. The largest absolute Gasteiger partial charge is 0.446 e. The molecule has 2 amide bonds. The highest BCUT2D eigenvalue weighted by Crippen LogP contribution is 2.26. The Hall–Kier alpha value is -4.11. The van der Waals surface area contributed by atoms with Gasteiger partial charge in [0.2, 0.25) is 5.91 Å². The molecule has 0 radical (unpaired) electrons. The molecule has 208 valence electrons. The van der Waals surface area contributed by atoms with Crippen LogP contribution in [-0.4, -0.2) is 64.8 Å². The van der Waals surface area contributed by atoms with Crippen molar-refractivity contribution in [2.45, 2.75) is 50.3 Å². The maximum atomic E-state index is 13.9. The average Bonchev–Trinajstić information content (AvgIpc) is 3.33. The van der Waals surface area contributed by atoms with Gasteiger partial charge in [-0.25, -0.2) is 9.59 Å². The first-order valence-corrected chi connectivity index (χ1v) is 14.2. The zero-order chi connectivity index (χ0) is 27.5. The lowest BCUT2D eigenvalue weighted by molar-refractivity contribution is -0.134. The van der Waals surface area contributed by atoms with E-state index in [4.69, 9.17) is 4.74 Å². The molecule has 1 atom stereocenters. The zero-order valence-corrected chi connectivity index (χ0v) is 22.5. The molecule has 9 heteroatoms. The van der Waals surface area contributed by atoms with E-state index in [9.17, 15) is 14.4 Å². The summed E-state index contributed by atoms with van der Waals surface area (Å²) in [6, 6.07) is 21.0. The van der Waals surface area contributed by atoms with Gasteiger partial charge in [0.25, 0.3) is 0 Å². The summed E-state index contributed by atoms with van der Waals surface area (Å²) in [6.45, 7) is 2.63. The minimum absolute atomic E-state index is 0.00190. The number of para-hydroxylation sites is 2. The number of ether oxygens (including phenoxy) is 1. The van der Waals surface area contributed by atoms with Crippen LogP contribution in [0.25, 0.3) is 21.8 Å². The molecule has 2 aliphatic rings. The van der Waals surface area contributed by atoms with Crippen molar-refractivity contribution in [2.24, 2.45) is 0 Å². The molecule has 9 nitrogen and oxygen atoms in total. The van der Waals surface area contributed by atoms with Gasteiger partial charge in [-0.15, -0.1) is 0 Å². The number of piperidine rings is 2. The molecule has 0 aliphatic carbocycles. The Morgan fingerprint density at radius 1 is 0.925 bits per heavy atom. The summed E-state index contributed by atoms with van der Waals surface area (Å²) >= 11 is 0. The molecule has 6 rings (SSSR count). The van der Waals surface area contributed by atoms with Gasteiger partial charge >= 0.3 is 11.8 Å². The van der Waals surface area contributed by atoms with Crippen LogP contribution in [0.1, 0.15) is 37.3 Å². The molecule has 0 spiro atoms. The van der Waals surface area contributed by atoms with Crippen LogP contribution in [0.5, 0.6) is 0 Å². The fourth-order valence-corrected chi connectivity index (χ4v) is 6.13. The fraction of sp³-hybridized carbons (Fsp3) is 0.387. The lowest BCUT2D eigenvalue weighted by Gasteiger charge is -2.35. The van der Waals surface area contributed by atoms with E-state index in [1.54, 1.807) is 0 Å². The SMILES string of the molecule is O=C(N[C@H](Cc1cccc2ccccc12)C(=O)N1CCC(n2c(=O)[nH]c3ccccc32)CC1)OC1CCNCC1. The lowest BCUT2D eigenvalue weighted by Crippen LogP contribution is -2.52. The van der Waals surface area contributed by atoms with Crippen LogP contribution in [0.4, 0.5) is 4.79 Å². The molecule has 40 heavy (non-hydrogen) atoms. The molecule has 2 saturated heterocycles. The number of alkyl carbamates (subject to hydrolysis) is 1. The normalized spacial score (nSPS) is 17.6. The van der Waals surface area contributed by atoms with Crippen molar-refractivity contribution >= 4 is 33.8 Å². The second-order valence-electron chi connectivity index (χ2n) is 10.8. The van der Waals surface area contributed by atoms with Crippen LogP contribution in [0.2, 0.25) is 0 Å². The number of amides is 2. The summed E-state index contributed by atoms with van der Waals surface area (Å²) in [7, 11) is 0. The first-order valence-electron chi connectivity index (χ1n) is 14.2. The van der Waals surface area contributed by atoms with Crippen LogP contribution in [0.15, 0.2) is 71.5 Å². The minimum Gasteiger partial charge on any atom is -0.446 e. The van der Waals surface area contributed by atoms with Crippen LogP contribution >= 0.6 is 0 Å². The predicted octanol–water partition coefficient (Wildman–Crippen LogP) is 3.74. The van der Waals surface area contributed by atoms with Crippen LogP contribution in [0.3, 0.4) is 0 Å². The first-order chi connectivity index (χ1) is 19.6. The highest BCUT2D eigenvalue weighted by molar-refractivity contribution is 5.89. The van der Waals surface area contributed by atoms with Crippen LogP contribution < -0.4 is 16.3 Å². The van der Waals surface area contributed by atoms with Crippen LogP contribution in [0, 0.1) is 0 Å². The number of hydrogen-bond acceptors (Lipinski definition) is 5. The van der Waals surface area contributed by atoms with Gasteiger partial charge < -0.3 is 25.3 Å². The Morgan fingerprint density at radius 3 is 2.48 bits per heavy atom. The highest BCUT2D eigenvalue weighted by Gasteiger charge is 2.32. The number of fused-ring (bicyclic) bond motifs is 2. The van der Waals surface area contributed by atoms with E-state index < -0.39 is 12.1 Å². The number of H-pyrrole nitrogens is 1. The molecule has 3 heterocycles. The van der Waals surface area contributed by atoms with E-state index in [1.165, 1.54) is 0 Å². The Morgan fingerprint density at radius 2 is 1.65 bits per heavy atom. The van der Waals surface area contributed by atoms with Crippen molar-refractivity contribution < 1.29 is 14.3 Å². The molecular formula is C31H35N5O4. The van der Waals surface area contributed by atoms with E-state index in [0.717, 1.165) is 53.3 Å². The zero-order valence-electron chi connectivity index (χ0n) is 22.5. The molecule has 0 unspecified atom stereocenters. The third kappa shape index (κ3) is 5.47. The molecule has 2 fully saturated rings. The summed E-state index contributed by atoms with van der Waals surface area (Å²) in [5, 5.41) is 8.34. The molecule has 3 N–H and O–H groups in total. The number of carbonyl (C=O) groups excluding carboxylic acids is 2. The molecule has 0 saturated carbocycles. The second kappa shape index (κ2) is 11.6. The minimum atomic E-state index is -0.757. The number of carbonyl (C=O) groups is 2. The molecule has 2 aliphatic heterocycles. The van der Waals surface area contributed by atoms with Gasteiger partial charge in [-0.1, -0.05) is 54.6 Å². The number of hydrogen-bond donors (Lipinski definition) is 3. The summed E-state index contributed by atoms with van der Waals surface area (Å²) in [5.74, 6) is -0.125. The quantitative estimate of drug-likeness (QED) is 0.345. The molecule has 0 bridgehead atoms. The van der Waals surface area contributed by atoms with Crippen molar-refractivity contribution in [2.75, 3.05) is 26.2 Å². The summed E-state index contributed by atoms with van der Waals surface area (Å²) in [6.07, 6.45) is 2.50. The van der Waals surface area contributed by atoms with Gasteiger partial charge in [-0.05, 0) is 67.2 Å². The maximum absolute atomic E-state index is 13.9. The number of aromatic amines is 1. The number of nitrogens with zero attached hydrogens (tertiary/aromatic N) is 2. The molecule has 3 aromatic carbocycles. The maximum Gasteiger partial charge on any atom is 0.408 e. The Balaban J connectivity index is 1.19. The topological polar surface area (TPSA) is 108 Å². The van der Waals surface area contributed by atoms with Gasteiger partial charge in [0.1, 0.15) is 12.1 Å². The smallest absolute Gasteiger partial charge is 0.408 e. The molecule has 4 aromatic rings. The number of aromatic nitrogens is 2.